The number of hydrogen-bond acceptors (Lipinski definition) is 3. The van der Waals surface area contributed by atoms with Crippen LogP contribution in [0, 0.1) is 0 Å². The van der Waals surface area contributed by atoms with E-state index in [2.05, 4.69) is 42.8 Å². The maximum Gasteiger partial charge on any atom is 0.0794 e. The van der Waals surface area contributed by atoms with Crippen molar-refractivity contribution in [2.45, 2.75) is 58.1 Å². The van der Waals surface area contributed by atoms with Gasteiger partial charge in [-0.3, -0.25) is 4.98 Å². The molecule has 1 aromatic heterocycles. The fraction of sp³-hybridized carbons (Fsp3) is 0.667. The molecule has 1 aliphatic rings. The van der Waals surface area contributed by atoms with E-state index in [9.17, 15) is 5.11 Å². The minimum atomic E-state index is -0.580. The summed E-state index contributed by atoms with van der Waals surface area (Å²) in [5.74, 6) is 0.459. The molecule has 0 spiro atoms. The van der Waals surface area contributed by atoms with Crippen molar-refractivity contribution in [3.05, 3.63) is 24.0 Å². The van der Waals surface area contributed by atoms with Crippen molar-refractivity contribution in [2.24, 2.45) is 0 Å². The van der Waals surface area contributed by atoms with Crippen LogP contribution in [-0.4, -0.2) is 28.3 Å². The Morgan fingerprint density at radius 3 is 2.72 bits per heavy atom. The van der Waals surface area contributed by atoms with E-state index < -0.39 is 5.60 Å². The van der Waals surface area contributed by atoms with Gasteiger partial charge in [0, 0.05) is 18.3 Å². The van der Waals surface area contributed by atoms with Crippen molar-refractivity contribution in [1.82, 2.24) is 4.98 Å². The van der Waals surface area contributed by atoms with Crippen LogP contribution in [0.1, 0.15) is 52.1 Å². The molecule has 0 bridgehead atoms. The normalized spacial score (nSPS) is 28.8. The fourth-order valence-corrected chi connectivity index (χ4v) is 2.53. The van der Waals surface area contributed by atoms with Crippen molar-refractivity contribution in [3.63, 3.8) is 0 Å². The molecule has 3 nitrogen and oxygen atoms in total. The average molecular weight is 248 g/mol. The van der Waals surface area contributed by atoms with E-state index in [1.807, 2.05) is 13.1 Å². The van der Waals surface area contributed by atoms with Gasteiger partial charge in [0.15, 0.2) is 0 Å². The van der Waals surface area contributed by atoms with Gasteiger partial charge < -0.3 is 10.0 Å². The van der Waals surface area contributed by atoms with Gasteiger partial charge in [-0.05, 0) is 44.7 Å². The molecule has 1 aliphatic heterocycles. The summed E-state index contributed by atoms with van der Waals surface area (Å²) in [7, 11) is 0. The predicted octanol–water partition coefficient (Wildman–Crippen LogP) is 2.94. The SMILES string of the molecule is CC(C)c1ccc(N2C[C@@](C)(O)CC[C@H]2C)cn1. The molecule has 0 unspecified atom stereocenters. The molecule has 18 heavy (non-hydrogen) atoms. The summed E-state index contributed by atoms with van der Waals surface area (Å²) in [4.78, 5) is 6.78. The lowest BCUT2D eigenvalue weighted by molar-refractivity contribution is 0.0378. The van der Waals surface area contributed by atoms with Crippen molar-refractivity contribution < 1.29 is 5.11 Å². The van der Waals surface area contributed by atoms with E-state index in [1.54, 1.807) is 0 Å². The Balaban J connectivity index is 2.19. The van der Waals surface area contributed by atoms with Gasteiger partial charge >= 0.3 is 0 Å². The van der Waals surface area contributed by atoms with Gasteiger partial charge in [0.25, 0.3) is 0 Å². The van der Waals surface area contributed by atoms with Gasteiger partial charge in [-0.25, -0.2) is 0 Å². The van der Waals surface area contributed by atoms with Crippen molar-refractivity contribution >= 4 is 5.69 Å². The van der Waals surface area contributed by atoms with Crippen LogP contribution in [0.25, 0.3) is 0 Å². The number of aliphatic hydroxyl groups is 1. The highest BCUT2D eigenvalue weighted by Crippen LogP contribution is 2.29. The molecule has 3 heteroatoms. The van der Waals surface area contributed by atoms with Crippen LogP contribution in [0.3, 0.4) is 0 Å². The highest BCUT2D eigenvalue weighted by Gasteiger charge is 2.32. The van der Waals surface area contributed by atoms with Crippen molar-refractivity contribution in [3.8, 4) is 0 Å². The largest absolute Gasteiger partial charge is 0.388 e. The van der Waals surface area contributed by atoms with E-state index in [1.165, 1.54) is 0 Å². The Morgan fingerprint density at radius 1 is 1.44 bits per heavy atom. The van der Waals surface area contributed by atoms with Crippen LogP contribution in [0.15, 0.2) is 18.3 Å². The van der Waals surface area contributed by atoms with Crippen LogP contribution in [0.2, 0.25) is 0 Å². The topological polar surface area (TPSA) is 36.4 Å². The second-order valence-corrected chi connectivity index (χ2v) is 6.11. The summed E-state index contributed by atoms with van der Waals surface area (Å²) in [6.45, 7) is 9.12. The lowest BCUT2D eigenvalue weighted by Crippen LogP contribution is -2.50. The Bertz CT molecular complexity index is 397. The summed E-state index contributed by atoms with van der Waals surface area (Å²) >= 11 is 0. The average Bonchev–Trinajstić information content (AvgIpc) is 2.32. The van der Waals surface area contributed by atoms with Gasteiger partial charge in [-0.1, -0.05) is 13.8 Å². The molecule has 0 radical (unpaired) electrons. The maximum atomic E-state index is 10.2. The van der Waals surface area contributed by atoms with E-state index in [-0.39, 0.29) is 0 Å². The number of aromatic nitrogens is 1. The fourth-order valence-electron chi connectivity index (χ4n) is 2.53. The van der Waals surface area contributed by atoms with E-state index in [4.69, 9.17) is 0 Å². The summed E-state index contributed by atoms with van der Waals surface area (Å²) in [5, 5.41) is 10.2. The highest BCUT2D eigenvalue weighted by atomic mass is 16.3. The molecular formula is C15H24N2O. The van der Waals surface area contributed by atoms with Gasteiger partial charge in [0.1, 0.15) is 0 Å². The second kappa shape index (κ2) is 4.88. The van der Waals surface area contributed by atoms with Gasteiger partial charge in [-0.2, -0.15) is 0 Å². The third kappa shape index (κ3) is 2.83. The van der Waals surface area contributed by atoms with E-state index in [0.717, 1.165) is 24.2 Å². The van der Waals surface area contributed by atoms with Crippen molar-refractivity contribution in [2.75, 3.05) is 11.4 Å². The molecule has 0 saturated carbocycles. The minimum Gasteiger partial charge on any atom is -0.388 e. The van der Waals surface area contributed by atoms with Gasteiger partial charge in [0.2, 0.25) is 0 Å². The number of anilines is 1. The monoisotopic (exact) mass is 248 g/mol. The number of piperidine rings is 1. The first-order valence-corrected chi connectivity index (χ1v) is 6.84. The molecule has 1 aromatic rings. The molecule has 0 aliphatic carbocycles. The standard InChI is InChI=1S/C15H24N2O/c1-11(2)14-6-5-13(9-16-14)17-10-15(4,18)8-7-12(17)3/h5-6,9,11-12,18H,7-8,10H2,1-4H3/t12-,15+/m1/s1. The smallest absolute Gasteiger partial charge is 0.0794 e. The number of hydrogen-bond donors (Lipinski definition) is 1. The number of pyridine rings is 1. The summed E-state index contributed by atoms with van der Waals surface area (Å²) in [5.41, 5.74) is 1.66. The number of nitrogens with zero attached hydrogens (tertiary/aromatic N) is 2. The Morgan fingerprint density at radius 2 is 2.17 bits per heavy atom. The Kier molecular flexibility index (Phi) is 3.62. The maximum absolute atomic E-state index is 10.2. The minimum absolute atomic E-state index is 0.459. The molecule has 0 aromatic carbocycles. The molecular weight excluding hydrogens is 224 g/mol. The third-order valence-electron chi connectivity index (χ3n) is 3.84. The number of β-amino-alcohol motifs (C(OH)–C–C–N with tert-alkyl or cyclic N) is 1. The van der Waals surface area contributed by atoms with E-state index in [0.29, 0.717) is 18.5 Å². The van der Waals surface area contributed by atoms with Crippen LogP contribution < -0.4 is 4.90 Å². The molecule has 2 atom stereocenters. The molecule has 2 rings (SSSR count). The van der Waals surface area contributed by atoms with E-state index >= 15 is 0 Å². The molecule has 2 heterocycles. The Hall–Kier alpha value is -1.09. The summed E-state index contributed by atoms with van der Waals surface area (Å²) in [6.07, 6.45) is 3.84. The third-order valence-corrected chi connectivity index (χ3v) is 3.84. The first-order chi connectivity index (χ1) is 8.39. The lowest BCUT2D eigenvalue weighted by Gasteiger charge is -2.42. The lowest BCUT2D eigenvalue weighted by atomic mass is 9.90. The molecule has 1 fully saturated rings. The zero-order valence-corrected chi connectivity index (χ0v) is 11.8. The first kappa shape index (κ1) is 13.3. The molecule has 1 saturated heterocycles. The molecule has 1 N–H and O–H groups in total. The highest BCUT2D eigenvalue weighted by molar-refractivity contribution is 5.47. The van der Waals surface area contributed by atoms with Crippen LogP contribution in [-0.2, 0) is 0 Å². The predicted molar refractivity (Wildman–Crippen MR) is 75.0 cm³/mol. The first-order valence-electron chi connectivity index (χ1n) is 6.84. The number of rotatable bonds is 2. The molecule has 0 amide bonds. The van der Waals surface area contributed by atoms with Crippen LogP contribution in [0.5, 0.6) is 0 Å². The van der Waals surface area contributed by atoms with Gasteiger partial charge in [-0.15, -0.1) is 0 Å². The van der Waals surface area contributed by atoms with Crippen LogP contribution in [0.4, 0.5) is 5.69 Å². The summed E-state index contributed by atoms with van der Waals surface area (Å²) < 4.78 is 0. The van der Waals surface area contributed by atoms with Crippen molar-refractivity contribution in [1.29, 1.82) is 0 Å². The zero-order valence-electron chi connectivity index (χ0n) is 11.8. The zero-order chi connectivity index (χ0) is 13.3. The van der Waals surface area contributed by atoms with Crippen LogP contribution >= 0.6 is 0 Å². The Labute approximate surface area is 110 Å². The molecule has 100 valence electrons. The quantitative estimate of drug-likeness (QED) is 0.874. The second-order valence-electron chi connectivity index (χ2n) is 6.11. The van der Waals surface area contributed by atoms with Gasteiger partial charge in [0.05, 0.1) is 17.5 Å². The summed E-state index contributed by atoms with van der Waals surface area (Å²) in [6, 6.07) is 4.69.